The molecular weight excluding hydrogens is 424 g/mol. The van der Waals surface area contributed by atoms with Gasteiger partial charge >= 0.3 is 11.6 Å². The van der Waals surface area contributed by atoms with Crippen LogP contribution in [0, 0.1) is 0 Å². The minimum Gasteiger partial charge on any atom is -0.497 e. The number of ether oxygens (including phenoxy) is 2. The number of carbonyl (C=O) groups excluding carboxylic acids is 2. The quantitative estimate of drug-likeness (QED) is 0.479. The monoisotopic (exact) mass is 448 g/mol. The Bertz CT molecular complexity index is 1180. The molecule has 3 aromatic rings. The summed E-state index contributed by atoms with van der Waals surface area (Å²) in [5.41, 5.74) is 0.437. The zero-order chi connectivity index (χ0) is 23.6. The number of nitrogens with one attached hydrogen (secondary N) is 2. The van der Waals surface area contributed by atoms with E-state index in [-0.39, 0.29) is 23.6 Å². The van der Waals surface area contributed by atoms with Crippen molar-refractivity contribution in [2.75, 3.05) is 19.0 Å². The van der Waals surface area contributed by atoms with Gasteiger partial charge in [-0.25, -0.2) is 9.59 Å². The highest BCUT2D eigenvalue weighted by Crippen LogP contribution is 2.16. The van der Waals surface area contributed by atoms with Crippen LogP contribution >= 0.6 is 0 Å². The van der Waals surface area contributed by atoms with Crippen LogP contribution in [0.25, 0.3) is 6.08 Å². The standard InChI is InChI=1S/C25H24N2O6/c1-3-32-24(29)20-15-21(27-23(28)18-7-5-4-6-8-18)25(30)33-22(20)13-14-26-16-17-9-11-19(31-2)12-10-17/h4-15,26H,3,16H2,1-2H3,(H,27,28)/b14-13+. The van der Waals surface area contributed by atoms with E-state index in [9.17, 15) is 14.4 Å². The number of hydrogen-bond donors (Lipinski definition) is 2. The van der Waals surface area contributed by atoms with Crippen LogP contribution in [0.5, 0.6) is 5.75 Å². The Hall–Kier alpha value is -4.33. The molecule has 3 rings (SSSR count). The van der Waals surface area contributed by atoms with Gasteiger partial charge in [0.25, 0.3) is 5.91 Å². The van der Waals surface area contributed by atoms with Gasteiger partial charge in [0.15, 0.2) is 0 Å². The topological polar surface area (TPSA) is 107 Å². The average molecular weight is 448 g/mol. The molecule has 33 heavy (non-hydrogen) atoms. The maximum Gasteiger partial charge on any atom is 0.360 e. The van der Waals surface area contributed by atoms with Crippen molar-refractivity contribution in [1.82, 2.24) is 5.32 Å². The number of esters is 1. The summed E-state index contributed by atoms with van der Waals surface area (Å²) < 4.78 is 15.5. The first-order chi connectivity index (χ1) is 16.0. The number of methoxy groups -OCH3 is 1. The highest BCUT2D eigenvalue weighted by Gasteiger charge is 2.19. The highest BCUT2D eigenvalue weighted by molar-refractivity contribution is 6.04. The molecule has 1 heterocycles. The van der Waals surface area contributed by atoms with Gasteiger partial charge in [-0.05, 0) is 48.9 Å². The molecule has 0 spiro atoms. The largest absolute Gasteiger partial charge is 0.497 e. The third-order valence-electron chi connectivity index (χ3n) is 4.57. The minimum atomic E-state index is -0.790. The Balaban J connectivity index is 1.78. The van der Waals surface area contributed by atoms with Crippen molar-refractivity contribution in [2.45, 2.75) is 13.5 Å². The molecule has 2 aromatic carbocycles. The maximum absolute atomic E-state index is 12.5. The molecular formula is C25H24N2O6. The third-order valence-corrected chi connectivity index (χ3v) is 4.57. The zero-order valence-corrected chi connectivity index (χ0v) is 18.3. The maximum atomic E-state index is 12.5. The third kappa shape index (κ3) is 6.33. The van der Waals surface area contributed by atoms with Gasteiger partial charge in [0.1, 0.15) is 22.8 Å². The van der Waals surface area contributed by atoms with E-state index < -0.39 is 17.5 Å². The molecule has 8 nitrogen and oxygen atoms in total. The molecule has 0 unspecified atom stereocenters. The minimum absolute atomic E-state index is 0.0124. The second-order valence-electron chi connectivity index (χ2n) is 6.83. The Morgan fingerprint density at radius 3 is 2.45 bits per heavy atom. The van der Waals surface area contributed by atoms with Crippen molar-refractivity contribution >= 4 is 23.6 Å². The predicted molar refractivity (Wildman–Crippen MR) is 124 cm³/mol. The normalized spacial score (nSPS) is 10.6. The summed E-state index contributed by atoms with van der Waals surface area (Å²) in [6.07, 6.45) is 3.02. The molecule has 0 aliphatic rings. The van der Waals surface area contributed by atoms with Crippen LogP contribution in [0.15, 0.2) is 76.1 Å². The zero-order valence-electron chi connectivity index (χ0n) is 18.3. The first-order valence-corrected chi connectivity index (χ1v) is 10.3. The Kier molecular flexibility index (Phi) is 8.02. The molecule has 1 aromatic heterocycles. The molecule has 0 fully saturated rings. The second kappa shape index (κ2) is 11.3. The summed E-state index contributed by atoms with van der Waals surface area (Å²) in [6, 6.07) is 17.2. The van der Waals surface area contributed by atoms with Gasteiger partial charge in [0.2, 0.25) is 0 Å². The summed E-state index contributed by atoms with van der Waals surface area (Å²) >= 11 is 0. The van der Waals surface area contributed by atoms with Crippen LogP contribution < -0.4 is 21.0 Å². The Labute approximate surface area is 190 Å². The van der Waals surface area contributed by atoms with Gasteiger partial charge in [0, 0.05) is 18.3 Å². The average Bonchev–Trinajstić information content (AvgIpc) is 2.84. The van der Waals surface area contributed by atoms with Crippen molar-refractivity contribution in [3.05, 3.63) is 99.7 Å². The van der Waals surface area contributed by atoms with E-state index in [0.717, 1.165) is 11.3 Å². The Morgan fingerprint density at radius 2 is 1.79 bits per heavy atom. The number of hydrogen-bond acceptors (Lipinski definition) is 7. The van der Waals surface area contributed by atoms with Crippen LogP contribution in [0.4, 0.5) is 5.69 Å². The number of carbonyl (C=O) groups is 2. The number of amides is 1. The summed E-state index contributed by atoms with van der Waals surface area (Å²) in [5.74, 6) is -0.401. The van der Waals surface area contributed by atoms with Gasteiger partial charge in [-0.15, -0.1) is 0 Å². The van der Waals surface area contributed by atoms with Crippen molar-refractivity contribution in [2.24, 2.45) is 0 Å². The van der Waals surface area contributed by atoms with Crippen LogP contribution in [-0.2, 0) is 11.3 Å². The number of benzene rings is 2. The molecule has 1 amide bonds. The van der Waals surface area contributed by atoms with Gasteiger partial charge < -0.3 is 24.5 Å². The molecule has 8 heteroatoms. The van der Waals surface area contributed by atoms with E-state index in [4.69, 9.17) is 13.9 Å². The molecule has 0 saturated carbocycles. The molecule has 0 aliphatic carbocycles. The first kappa shape index (κ1) is 23.3. The second-order valence-corrected chi connectivity index (χ2v) is 6.83. The lowest BCUT2D eigenvalue weighted by Gasteiger charge is -2.09. The van der Waals surface area contributed by atoms with E-state index >= 15 is 0 Å². The lowest BCUT2D eigenvalue weighted by atomic mass is 10.1. The van der Waals surface area contributed by atoms with Crippen LogP contribution in [0.1, 0.15) is 39.0 Å². The van der Waals surface area contributed by atoms with Crippen molar-refractivity contribution in [1.29, 1.82) is 0 Å². The fourth-order valence-corrected chi connectivity index (χ4v) is 2.90. The number of rotatable bonds is 9. The molecule has 0 atom stereocenters. The summed E-state index contributed by atoms with van der Waals surface area (Å²) in [4.78, 5) is 37.3. The van der Waals surface area contributed by atoms with Gasteiger partial charge in [0.05, 0.1) is 13.7 Å². The summed E-state index contributed by atoms with van der Waals surface area (Å²) in [5, 5.41) is 5.55. The SMILES string of the molecule is CCOC(=O)c1cc(NC(=O)c2ccccc2)c(=O)oc1/C=C/NCc1ccc(OC)cc1. The predicted octanol–water partition coefficient (Wildman–Crippen LogP) is 3.84. The first-order valence-electron chi connectivity index (χ1n) is 10.3. The van der Waals surface area contributed by atoms with E-state index in [1.54, 1.807) is 50.6 Å². The van der Waals surface area contributed by atoms with Gasteiger partial charge in [-0.2, -0.15) is 0 Å². The fourth-order valence-electron chi connectivity index (χ4n) is 2.90. The smallest absolute Gasteiger partial charge is 0.360 e. The van der Waals surface area contributed by atoms with Crippen molar-refractivity contribution < 1.29 is 23.5 Å². The Morgan fingerprint density at radius 1 is 1.06 bits per heavy atom. The van der Waals surface area contributed by atoms with E-state index in [1.165, 1.54) is 12.1 Å². The van der Waals surface area contributed by atoms with Gasteiger partial charge in [-0.3, -0.25) is 4.79 Å². The molecule has 0 bridgehead atoms. The van der Waals surface area contributed by atoms with E-state index in [0.29, 0.717) is 12.1 Å². The van der Waals surface area contributed by atoms with Crippen LogP contribution in [0.2, 0.25) is 0 Å². The lowest BCUT2D eigenvalue weighted by Crippen LogP contribution is -2.20. The van der Waals surface area contributed by atoms with Crippen LogP contribution in [-0.4, -0.2) is 25.6 Å². The van der Waals surface area contributed by atoms with E-state index in [2.05, 4.69) is 10.6 Å². The van der Waals surface area contributed by atoms with Crippen LogP contribution in [0.3, 0.4) is 0 Å². The summed E-state index contributed by atoms with van der Waals surface area (Å²) in [7, 11) is 1.60. The lowest BCUT2D eigenvalue weighted by molar-refractivity contribution is 0.0522. The molecule has 0 radical (unpaired) electrons. The molecule has 0 aliphatic heterocycles. The fraction of sp³-hybridized carbons (Fsp3) is 0.160. The van der Waals surface area contributed by atoms with E-state index in [1.807, 2.05) is 24.3 Å². The molecule has 170 valence electrons. The highest BCUT2D eigenvalue weighted by atomic mass is 16.5. The number of anilines is 1. The van der Waals surface area contributed by atoms with Crippen molar-refractivity contribution in [3.63, 3.8) is 0 Å². The summed E-state index contributed by atoms with van der Waals surface area (Å²) in [6.45, 7) is 2.31. The molecule has 0 saturated heterocycles. The molecule has 2 N–H and O–H groups in total. The van der Waals surface area contributed by atoms with Crippen molar-refractivity contribution in [3.8, 4) is 5.75 Å². The van der Waals surface area contributed by atoms with Gasteiger partial charge in [-0.1, -0.05) is 30.3 Å².